The molecule has 0 unspecified atom stereocenters. The molecule has 0 atom stereocenters. The Bertz CT molecular complexity index is 2190. The quantitative estimate of drug-likeness (QED) is 0.196. The summed E-state index contributed by atoms with van der Waals surface area (Å²) in [7, 11) is 0. The number of nitrogens with zero attached hydrogens (tertiary/aromatic N) is 4. The Balaban J connectivity index is 1.38. The molecule has 0 spiro atoms. The lowest BCUT2D eigenvalue weighted by atomic mass is 9.99. The van der Waals surface area contributed by atoms with Gasteiger partial charge in [-0.25, -0.2) is 19.9 Å². The molecular formula is C40H26N4. The predicted molar refractivity (Wildman–Crippen MR) is 180 cm³/mol. The van der Waals surface area contributed by atoms with E-state index in [0.29, 0.717) is 11.6 Å². The first-order valence-electron chi connectivity index (χ1n) is 14.7. The van der Waals surface area contributed by atoms with Crippen LogP contribution in [0.1, 0.15) is 0 Å². The molecular weight excluding hydrogens is 536 g/mol. The van der Waals surface area contributed by atoms with Gasteiger partial charge < -0.3 is 0 Å². The highest BCUT2D eigenvalue weighted by molar-refractivity contribution is 6.10. The summed E-state index contributed by atoms with van der Waals surface area (Å²) < 4.78 is 0. The van der Waals surface area contributed by atoms with Crippen LogP contribution in [0.3, 0.4) is 0 Å². The highest BCUT2D eigenvalue weighted by atomic mass is 14.9. The molecule has 0 aliphatic carbocycles. The zero-order chi connectivity index (χ0) is 29.3. The molecule has 0 bridgehead atoms. The van der Waals surface area contributed by atoms with Crippen molar-refractivity contribution in [2.24, 2.45) is 0 Å². The minimum atomic E-state index is 0.671. The van der Waals surface area contributed by atoms with Gasteiger partial charge in [0, 0.05) is 38.6 Å². The number of aromatic nitrogens is 4. The first kappa shape index (κ1) is 25.7. The minimum absolute atomic E-state index is 0.671. The van der Waals surface area contributed by atoms with E-state index < -0.39 is 0 Å². The average molecular weight is 563 g/mol. The maximum absolute atomic E-state index is 5.17. The molecule has 0 amide bonds. The molecule has 8 aromatic rings. The second-order valence-corrected chi connectivity index (χ2v) is 10.7. The lowest BCUT2D eigenvalue weighted by Crippen LogP contribution is -1.97. The molecule has 0 saturated carbocycles. The summed E-state index contributed by atoms with van der Waals surface area (Å²) in [5.74, 6) is 1.37. The summed E-state index contributed by atoms with van der Waals surface area (Å²) >= 11 is 0. The van der Waals surface area contributed by atoms with Gasteiger partial charge >= 0.3 is 0 Å². The molecule has 4 heteroatoms. The third-order valence-corrected chi connectivity index (χ3v) is 7.89. The van der Waals surface area contributed by atoms with Crippen molar-refractivity contribution in [2.75, 3.05) is 0 Å². The van der Waals surface area contributed by atoms with Gasteiger partial charge in [0.2, 0.25) is 0 Å². The van der Waals surface area contributed by atoms with Crippen LogP contribution in [0.15, 0.2) is 158 Å². The van der Waals surface area contributed by atoms with Crippen LogP contribution >= 0.6 is 0 Å². The Morgan fingerprint density at radius 2 is 0.818 bits per heavy atom. The highest BCUT2D eigenvalue weighted by Gasteiger charge is 2.16. The van der Waals surface area contributed by atoms with Crippen LogP contribution in [0.25, 0.3) is 78.2 Å². The molecule has 0 N–H and O–H groups in total. The van der Waals surface area contributed by atoms with Crippen LogP contribution in [0, 0.1) is 0 Å². The molecule has 0 saturated heterocycles. The second-order valence-electron chi connectivity index (χ2n) is 10.7. The monoisotopic (exact) mass is 562 g/mol. The Morgan fingerprint density at radius 1 is 0.318 bits per heavy atom. The smallest absolute Gasteiger partial charge is 0.160 e. The van der Waals surface area contributed by atoms with Crippen molar-refractivity contribution in [3.8, 4) is 56.5 Å². The Kier molecular flexibility index (Phi) is 6.43. The van der Waals surface area contributed by atoms with Gasteiger partial charge in [0.1, 0.15) is 0 Å². The van der Waals surface area contributed by atoms with Crippen LogP contribution in [0.2, 0.25) is 0 Å². The molecule has 2 heterocycles. The lowest BCUT2D eigenvalue weighted by Gasteiger charge is -2.13. The molecule has 0 radical (unpaired) electrons. The van der Waals surface area contributed by atoms with Crippen molar-refractivity contribution < 1.29 is 0 Å². The molecule has 4 nitrogen and oxygen atoms in total. The molecule has 0 aliphatic rings. The standard InChI is InChI=1S/C40H26N4/c1-5-13-28(14-6-1)35-26-36(29-15-7-2-8-16-29)42-40(41-35)32-22-21-27-23-24-33-37(30-17-9-3-10-18-30)43-39(31-19-11-4-12-20-31)44-38(33)34(27)25-32/h1-26H. The van der Waals surface area contributed by atoms with Crippen molar-refractivity contribution in [1.29, 1.82) is 0 Å². The van der Waals surface area contributed by atoms with Crippen LogP contribution in [0.5, 0.6) is 0 Å². The predicted octanol–water partition coefficient (Wildman–Crippen LogP) is 9.91. The van der Waals surface area contributed by atoms with E-state index in [2.05, 4.69) is 84.9 Å². The van der Waals surface area contributed by atoms with E-state index in [1.807, 2.05) is 72.8 Å². The van der Waals surface area contributed by atoms with Crippen molar-refractivity contribution in [1.82, 2.24) is 19.9 Å². The largest absolute Gasteiger partial charge is 0.228 e. The number of fused-ring (bicyclic) bond motifs is 3. The first-order valence-corrected chi connectivity index (χ1v) is 14.7. The lowest BCUT2D eigenvalue weighted by molar-refractivity contribution is 1.18. The fourth-order valence-corrected chi connectivity index (χ4v) is 5.67. The average Bonchev–Trinajstić information content (AvgIpc) is 3.12. The van der Waals surface area contributed by atoms with Crippen molar-refractivity contribution in [3.63, 3.8) is 0 Å². The summed E-state index contributed by atoms with van der Waals surface area (Å²) in [6, 6.07) is 53.8. The molecule has 0 fully saturated rings. The summed E-state index contributed by atoms with van der Waals surface area (Å²) in [5, 5.41) is 3.14. The van der Waals surface area contributed by atoms with Gasteiger partial charge in [0.05, 0.1) is 22.6 Å². The van der Waals surface area contributed by atoms with Gasteiger partial charge in [-0.1, -0.05) is 140 Å². The third-order valence-electron chi connectivity index (χ3n) is 7.89. The normalized spacial score (nSPS) is 11.2. The van der Waals surface area contributed by atoms with Gasteiger partial charge in [-0.3, -0.25) is 0 Å². The fraction of sp³-hybridized carbons (Fsp3) is 0. The second kappa shape index (κ2) is 11.0. The fourth-order valence-electron chi connectivity index (χ4n) is 5.67. The summed E-state index contributed by atoms with van der Waals surface area (Å²) in [4.78, 5) is 20.4. The van der Waals surface area contributed by atoms with Crippen molar-refractivity contribution in [3.05, 3.63) is 158 Å². The van der Waals surface area contributed by atoms with E-state index in [9.17, 15) is 0 Å². The Morgan fingerprint density at radius 3 is 1.41 bits per heavy atom. The van der Waals surface area contributed by atoms with Gasteiger partial charge in [-0.2, -0.15) is 0 Å². The van der Waals surface area contributed by atoms with Crippen LogP contribution in [0.4, 0.5) is 0 Å². The van der Waals surface area contributed by atoms with E-state index in [-0.39, 0.29) is 0 Å². The first-order chi connectivity index (χ1) is 21.8. The summed E-state index contributed by atoms with van der Waals surface area (Å²) in [6.07, 6.45) is 0. The zero-order valence-corrected chi connectivity index (χ0v) is 23.8. The molecule has 8 rings (SSSR count). The molecule has 44 heavy (non-hydrogen) atoms. The van der Waals surface area contributed by atoms with Crippen LogP contribution < -0.4 is 0 Å². The molecule has 206 valence electrons. The van der Waals surface area contributed by atoms with E-state index >= 15 is 0 Å². The van der Waals surface area contributed by atoms with E-state index in [1.165, 1.54) is 0 Å². The van der Waals surface area contributed by atoms with E-state index in [4.69, 9.17) is 19.9 Å². The number of benzene rings is 6. The summed E-state index contributed by atoms with van der Waals surface area (Å²) in [6.45, 7) is 0. The maximum Gasteiger partial charge on any atom is 0.160 e. The Hall–Kier alpha value is -6.00. The van der Waals surface area contributed by atoms with Gasteiger partial charge in [-0.15, -0.1) is 0 Å². The number of hydrogen-bond acceptors (Lipinski definition) is 4. The highest BCUT2D eigenvalue weighted by Crippen LogP contribution is 2.35. The van der Waals surface area contributed by atoms with E-state index in [0.717, 1.165) is 66.6 Å². The van der Waals surface area contributed by atoms with Gasteiger partial charge in [0.15, 0.2) is 11.6 Å². The number of hydrogen-bond donors (Lipinski definition) is 0. The molecule has 6 aromatic carbocycles. The molecule has 0 aliphatic heterocycles. The zero-order valence-electron chi connectivity index (χ0n) is 23.8. The van der Waals surface area contributed by atoms with Crippen molar-refractivity contribution >= 4 is 21.7 Å². The number of rotatable bonds is 5. The Labute approximate surface area is 255 Å². The van der Waals surface area contributed by atoms with Crippen LogP contribution in [-0.2, 0) is 0 Å². The van der Waals surface area contributed by atoms with Crippen LogP contribution in [-0.4, -0.2) is 19.9 Å². The summed E-state index contributed by atoms with van der Waals surface area (Å²) in [5.41, 5.74) is 8.64. The van der Waals surface area contributed by atoms with Gasteiger partial charge in [0.25, 0.3) is 0 Å². The topological polar surface area (TPSA) is 51.6 Å². The minimum Gasteiger partial charge on any atom is -0.228 e. The third kappa shape index (κ3) is 4.79. The van der Waals surface area contributed by atoms with E-state index in [1.54, 1.807) is 0 Å². The SMILES string of the molecule is c1ccc(-c2cc(-c3ccccc3)nc(-c3ccc4ccc5c(-c6ccccc6)nc(-c6ccccc6)nc5c4c3)n2)cc1. The van der Waals surface area contributed by atoms with Gasteiger partial charge in [-0.05, 0) is 23.6 Å². The maximum atomic E-state index is 5.17. The molecule has 2 aromatic heterocycles. The van der Waals surface area contributed by atoms with Crippen molar-refractivity contribution in [2.45, 2.75) is 0 Å².